The highest BCUT2D eigenvalue weighted by Crippen LogP contribution is 2.27. The largest absolute Gasteiger partial charge is 0.399 e. The molecule has 1 aromatic heterocycles. The van der Waals surface area contributed by atoms with Gasteiger partial charge in [-0.3, -0.25) is 19.8 Å². The molecular formula is C17H15N5O2. The van der Waals surface area contributed by atoms with Crippen molar-refractivity contribution in [3.63, 3.8) is 0 Å². The summed E-state index contributed by atoms with van der Waals surface area (Å²) in [6, 6.07) is 13.7. The topological polar surface area (TPSA) is 116 Å². The average Bonchev–Trinajstić information content (AvgIpc) is 2.95. The third-order valence-corrected chi connectivity index (χ3v) is 3.49. The van der Waals surface area contributed by atoms with Gasteiger partial charge >= 0.3 is 0 Å². The zero-order chi connectivity index (χ0) is 17.1. The summed E-state index contributed by atoms with van der Waals surface area (Å²) in [6.45, 7) is 1.49. The number of azo groups is 1. The monoisotopic (exact) mass is 321 g/mol. The van der Waals surface area contributed by atoms with E-state index in [1.165, 1.54) is 6.92 Å². The van der Waals surface area contributed by atoms with Crippen molar-refractivity contribution in [1.29, 1.82) is 0 Å². The standard InChI is InChI=1S/C17H15N5O2/c1-10(23)11-4-8-14(9-5-11)19-21-16-15(20-22-17(16)24)12-2-6-13(18)7-3-12/h2-9H,18H2,1H3,(H2,20,22,24). The molecule has 4 N–H and O–H groups in total. The minimum absolute atomic E-state index is 0.0220. The number of nitrogens with one attached hydrogen (secondary N) is 2. The zero-order valence-corrected chi connectivity index (χ0v) is 12.9. The highest BCUT2D eigenvalue weighted by Gasteiger charge is 2.11. The molecule has 0 unspecified atom stereocenters. The van der Waals surface area contributed by atoms with Crippen LogP contribution in [0.25, 0.3) is 11.3 Å². The predicted molar refractivity (Wildman–Crippen MR) is 91.9 cm³/mol. The number of benzene rings is 2. The van der Waals surface area contributed by atoms with Crippen LogP contribution in [0.4, 0.5) is 17.1 Å². The smallest absolute Gasteiger partial charge is 0.292 e. The SMILES string of the molecule is CC(=O)c1ccc(N=Nc2c(-c3ccc(N)cc3)[nH][nH]c2=O)cc1. The van der Waals surface area contributed by atoms with Crippen LogP contribution >= 0.6 is 0 Å². The van der Waals surface area contributed by atoms with Gasteiger partial charge in [0.25, 0.3) is 5.56 Å². The van der Waals surface area contributed by atoms with E-state index in [4.69, 9.17) is 5.73 Å². The van der Waals surface area contributed by atoms with Crippen molar-refractivity contribution in [2.75, 3.05) is 5.73 Å². The van der Waals surface area contributed by atoms with Gasteiger partial charge in [-0.15, -0.1) is 5.11 Å². The van der Waals surface area contributed by atoms with Crippen molar-refractivity contribution in [3.8, 4) is 11.3 Å². The molecular weight excluding hydrogens is 306 g/mol. The Kier molecular flexibility index (Phi) is 4.07. The van der Waals surface area contributed by atoms with E-state index in [-0.39, 0.29) is 17.0 Å². The molecule has 0 saturated heterocycles. The maximum atomic E-state index is 11.9. The fourth-order valence-corrected chi connectivity index (χ4v) is 2.18. The Bertz CT molecular complexity index is 950. The number of nitrogen functional groups attached to an aromatic ring is 1. The number of hydrogen-bond acceptors (Lipinski definition) is 5. The number of H-pyrrole nitrogens is 2. The number of carbonyl (C=O) groups is 1. The molecule has 3 rings (SSSR count). The fraction of sp³-hybridized carbons (Fsp3) is 0.0588. The Morgan fingerprint density at radius 1 is 0.958 bits per heavy atom. The minimum atomic E-state index is -0.370. The van der Waals surface area contributed by atoms with Gasteiger partial charge in [-0.25, -0.2) is 0 Å². The second kappa shape index (κ2) is 6.33. The first-order valence-electron chi connectivity index (χ1n) is 7.24. The summed E-state index contributed by atoms with van der Waals surface area (Å²) in [5, 5.41) is 13.4. The number of rotatable bonds is 4. The van der Waals surface area contributed by atoms with Crippen LogP contribution in [0.15, 0.2) is 63.6 Å². The molecule has 0 saturated carbocycles. The van der Waals surface area contributed by atoms with E-state index >= 15 is 0 Å². The van der Waals surface area contributed by atoms with E-state index in [2.05, 4.69) is 20.4 Å². The molecule has 120 valence electrons. The van der Waals surface area contributed by atoms with E-state index in [1.54, 1.807) is 48.5 Å². The van der Waals surface area contributed by atoms with Crippen LogP contribution in [0, 0.1) is 0 Å². The number of aromatic amines is 2. The third-order valence-electron chi connectivity index (χ3n) is 3.49. The molecule has 0 amide bonds. The predicted octanol–water partition coefficient (Wildman–Crippen LogP) is 3.57. The first-order valence-corrected chi connectivity index (χ1v) is 7.24. The van der Waals surface area contributed by atoms with Crippen LogP contribution in [-0.2, 0) is 0 Å². The molecule has 0 aliphatic heterocycles. The van der Waals surface area contributed by atoms with Crippen LogP contribution < -0.4 is 11.3 Å². The maximum absolute atomic E-state index is 11.9. The summed E-state index contributed by atoms with van der Waals surface area (Å²) in [7, 11) is 0. The Morgan fingerprint density at radius 3 is 2.25 bits per heavy atom. The summed E-state index contributed by atoms with van der Waals surface area (Å²) in [5.74, 6) is -0.0220. The zero-order valence-electron chi connectivity index (χ0n) is 12.9. The normalized spacial score (nSPS) is 11.0. The number of aromatic nitrogens is 2. The number of nitrogens with zero attached hydrogens (tertiary/aromatic N) is 2. The van der Waals surface area contributed by atoms with Crippen molar-refractivity contribution >= 4 is 22.8 Å². The number of hydrogen-bond donors (Lipinski definition) is 3. The molecule has 0 atom stereocenters. The fourth-order valence-electron chi connectivity index (χ4n) is 2.18. The lowest BCUT2D eigenvalue weighted by molar-refractivity contribution is 0.101. The van der Waals surface area contributed by atoms with Gasteiger partial charge < -0.3 is 5.73 Å². The van der Waals surface area contributed by atoms with E-state index in [1.807, 2.05) is 0 Å². The third kappa shape index (κ3) is 3.14. The van der Waals surface area contributed by atoms with Crippen LogP contribution in [0.3, 0.4) is 0 Å². The van der Waals surface area contributed by atoms with Gasteiger partial charge in [-0.2, -0.15) is 5.11 Å². The highest BCUT2D eigenvalue weighted by atomic mass is 16.1. The first-order chi connectivity index (χ1) is 11.5. The first kappa shape index (κ1) is 15.4. The summed E-state index contributed by atoms with van der Waals surface area (Å²) in [6.07, 6.45) is 0. The molecule has 0 aliphatic carbocycles. The van der Waals surface area contributed by atoms with Crippen molar-refractivity contribution in [1.82, 2.24) is 10.2 Å². The Morgan fingerprint density at radius 2 is 1.62 bits per heavy atom. The number of carbonyl (C=O) groups excluding carboxylic acids is 1. The van der Waals surface area contributed by atoms with Crippen molar-refractivity contribution < 1.29 is 4.79 Å². The molecule has 7 heteroatoms. The average molecular weight is 321 g/mol. The van der Waals surface area contributed by atoms with E-state index in [0.717, 1.165) is 5.56 Å². The van der Waals surface area contributed by atoms with Gasteiger partial charge in [0.2, 0.25) is 0 Å². The lowest BCUT2D eigenvalue weighted by atomic mass is 10.1. The number of ketones is 1. The summed E-state index contributed by atoms with van der Waals surface area (Å²) in [5.41, 5.74) is 8.54. The molecule has 7 nitrogen and oxygen atoms in total. The molecule has 0 bridgehead atoms. The van der Waals surface area contributed by atoms with Gasteiger partial charge in [0.05, 0.1) is 11.4 Å². The number of anilines is 1. The van der Waals surface area contributed by atoms with E-state index < -0.39 is 0 Å². The Labute approximate surface area is 137 Å². The van der Waals surface area contributed by atoms with Gasteiger partial charge in [0.15, 0.2) is 11.5 Å². The van der Waals surface area contributed by atoms with Crippen LogP contribution in [-0.4, -0.2) is 16.0 Å². The van der Waals surface area contributed by atoms with Crippen molar-refractivity contribution in [3.05, 3.63) is 64.4 Å². The van der Waals surface area contributed by atoms with Gasteiger partial charge in [-0.1, -0.05) is 12.1 Å². The molecule has 0 fully saturated rings. The quantitative estimate of drug-likeness (QED) is 0.387. The maximum Gasteiger partial charge on any atom is 0.292 e. The van der Waals surface area contributed by atoms with Crippen LogP contribution in [0.5, 0.6) is 0 Å². The van der Waals surface area contributed by atoms with Gasteiger partial charge in [0, 0.05) is 16.8 Å². The van der Waals surface area contributed by atoms with Crippen molar-refractivity contribution in [2.45, 2.75) is 6.92 Å². The molecule has 0 aliphatic rings. The summed E-state index contributed by atoms with van der Waals surface area (Å²) < 4.78 is 0. The van der Waals surface area contributed by atoms with Gasteiger partial charge in [0.1, 0.15) is 0 Å². The van der Waals surface area contributed by atoms with E-state index in [0.29, 0.717) is 22.6 Å². The van der Waals surface area contributed by atoms with Crippen LogP contribution in [0.2, 0.25) is 0 Å². The molecule has 2 aromatic carbocycles. The molecule has 24 heavy (non-hydrogen) atoms. The lowest BCUT2D eigenvalue weighted by Gasteiger charge is -1.99. The summed E-state index contributed by atoms with van der Waals surface area (Å²) >= 11 is 0. The number of Topliss-reactive ketones (excluding diaryl/α,β-unsaturated/α-hetero) is 1. The Hall–Kier alpha value is -3.48. The Balaban J connectivity index is 1.92. The highest BCUT2D eigenvalue weighted by molar-refractivity contribution is 5.94. The molecule has 0 radical (unpaired) electrons. The van der Waals surface area contributed by atoms with Crippen molar-refractivity contribution in [2.24, 2.45) is 10.2 Å². The van der Waals surface area contributed by atoms with Gasteiger partial charge in [-0.05, 0) is 43.3 Å². The second-order valence-electron chi connectivity index (χ2n) is 5.23. The molecule has 0 spiro atoms. The van der Waals surface area contributed by atoms with Crippen LogP contribution in [0.1, 0.15) is 17.3 Å². The lowest BCUT2D eigenvalue weighted by Crippen LogP contribution is -1.96. The minimum Gasteiger partial charge on any atom is -0.399 e. The molecule has 3 aromatic rings. The molecule has 1 heterocycles. The second-order valence-corrected chi connectivity index (χ2v) is 5.23. The summed E-state index contributed by atoms with van der Waals surface area (Å²) in [4.78, 5) is 23.2. The number of nitrogens with two attached hydrogens (primary N) is 1. The van der Waals surface area contributed by atoms with E-state index in [9.17, 15) is 9.59 Å².